The topological polar surface area (TPSA) is 72.9 Å². The second-order valence-electron chi connectivity index (χ2n) is 8.19. The number of ether oxygens (including phenoxy) is 2. The Kier molecular flexibility index (Phi) is 4.66. The Morgan fingerprint density at radius 1 is 1.05 bits per heavy atom. The molecule has 0 bridgehead atoms. The lowest BCUT2D eigenvalue weighted by Crippen LogP contribution is -2.50. The van der Waals surface area contributed by atoms with Gasteiger partial charge in [0.25, 0.3) is 0 Å². The number of carbonyl (C=O) groups is 3. The molecule has 1 rings (SSSR count). The maximum absolute atomic E-state index is 12.5. The first kappa shape index (κ1) is 18.5. The minimum atomic E-state index is -1.00. The summed E-state index contributed by atoms with van der Waals surface area (Å²) in [5, 5.41) is 0. The number of hydrogen-bond acceptors (Lipinski definition) is 5. The number of rotatable bonds is 1. The zero-order chi connectivity index (χ0) is 17.5. The molecule has 1 heterocycles. The molecule has 1 amide bonds. The Labute approximate surface area is 132 Å². The molecule has 1 saturated heterocycles. The molecule has 0 spiro atoms. The Morgan fingerprint density at radius 3 is 1.91 bits per heavy atom. The Bertz CT molecular complexity index is 482. The summed E-state index contributed by atoms with van der Waals surface area (Å²) in [5.41, 5.74) is -2.40. The number of Topliss-reactive ketones (excluding diaryl/α,β-unsaturated/α-hetero) is 1. The predicted molar refractivity (Wildman–Crippen MR) is 81.4 cm³/mol. The van der Waals surface area contributed by atoms with Crippen molar-refractivity contribution in [2.45, 2.75) is 72.6 Å². The number of nitrogens with zero attached hydrogens (tertiary/aromatic N) is 1. The molecule has 0 unspecified atom stereocenters. The van der Waals surface area contributed by atoms with Crippen molar-refractivity contribution in [2.75, 3.05) is 6.54 Å². The standard InChI is InChI=1S/C16H27NO5/c1-14(2,3)21-12(19)11-16(7,8)10(18)9-17(11)13(20)22-15(4,5)6/h11H,9H2,1-8H3/t11-/m1/s1. The number of amides is 1. The van der Waals surface area contributed by atoms with E-state index in [9.17, 15) is 14.4 Å². The van der Waals surface area contributed by atoms with Crippen molar-refractivity contribution in [3.05, 3.63) is 0 Å². The molecule has 1 aliphatic heterocycles. The lowest BCUT2D eigenvalue weighted by atomic mass is 9.83. The highest BCUT2D eigenvalue weighted by molar-refractivity contribution is 6.00. The van der Waals surface area contributed by atoms with Gasteiger partial charge in [-0.15, -0.1) is 0 Å². The minimum absolute atomic E-state index is 0.147. The highest BCUT2D eigenvalue weighted by Crippen LogP contribution is 2.35. The van der Waals surface area contributed by atoms with Crippen molar-refractivity contribution in [3.63, 3.8) is 0 Å². The SMILES string of the molecule is CC(C)(C)OC(=O)[C@H]1N(C(=O)OC(C)(C)C)CC(=O)C1(C)C. The Balaban J connectivity index is 3.08. The molecule has 0 saturated carbocycles. The van der Waals surface area contributed by atoms with Crippen molar-refractivity contribution in [1.29, 1.82) is 0 Å². The van der Waals surface area contributed by atoms with Crippen LogP contribution in [0.5, 0.6) is 0 Å². The summed E-state index contributed by atoms with van der Waals surface area (Å²) in [6, 6.07) is -0.978. The van der Waals surface area contributed by atoms with Gasteiger partial charge in [-0.1, -0.05) is 13.8 Å². The summed E-state index contributed by atoms with van der Waals surface area (Å²) in [6.45, 7) is 13.6. The van der Waals surface area contributed by atoms with Crippen molar-refractivity contribution < 1.29 is 23.9 Å². The van der Waals surface area contributed by atoms with Crippen LogP contribution in [0.25, 0.3) is 0 Å². The van der Waals surface area contributed by atoms with E-state index in [0.29, 0.717) is 0 Å². The maximum Gasteiger partial charge on any atom is 0.411 e. The molecule has 6 nitrogen and oxygen atoms in total. The normalized spacial score (nSPS) is 21.7. The summed E-state index contributed by atoms with van der Waals surface area (Å²) in [6.07, 6.45) is -0.678. The van der Waals surface area contributed by atoms with Gasteiger partial charge in [-0.3, -0.25) is 9.69 Å². The van der Waals surface area contributed by atoms with Gasteiger partial charge in [-0.05, 0) is 41.5 Å². The van der Waals surface area contributed by atoms with Gasteiger partial charge in [-0.25, -0.2) is 9.59 Å². The number of likely N-dealkylation sites (tertiary alicyclic amines) is 1. The van der Waals surface area contributed by atoms with Crippen LogP contribution in [-0.4, -0.2) is 46.5 Å². The summed E-state index contributed by atoms with van der Waals surface area (Å²) < 4.78 is 10.7. The average Bonchev–Trinajstić information content (AvgIpc) is 2.45. The molecule has 1 fully saturated rings. The molecular weight excluding hydrogens is 286 g/mol. The van der Waals surface area contributed by atoms with Crippen LogP contribution < -0.4 is 0 Å². The summed E-state index contributed by atoms with van der Waals surface area (Å²) in [4.78, 5) is 38.2. The van der Waals surface area contributed by atoms with Crippen molar-refractivity contribution in [3.8, 4) is 0 Å². The molecule has 0 N–H and O–H groups in total. The quantitative estimate of drug-likeness (QED) is 0.696. The summed E-state index contributed by atoms with van der Waals surface area (Å²) >= 11 is 0. The molecule has 126 valence electrons. The third kappa shape index (κ3) is 4.21. The van der Waals surface area contributed by atoms with Crippen LogP contribution in [0.1, 0.15) is 55.4 Å². The smallest absolute Gasteiger partial charge is 0.411 e. The van der Waals surface area contributed by atoms with Gasteiger partial charge >= 0.3 is 12.1 Å². The van der Waals surface area contributed by atoms with Gasteiger partial charge in [0.05, 0.1) is 12.0 Å². The Hall–Kier alpha value is -1.59. The maximum atomic E-state index is 12.5. The molecule has 0 aromatic rings. The molecule has 0 radical (unpaired) electrons. The van der Waals surface area contributed by atoms with Gasteiger partial charge in [0, 0.05) is 0 Å². The second kappa shape index (κ2) is 5.56. The fourth-order valence-corrected chi connectivity index (χ4v) is 2.26. The summed E-state index contributed by atoms with van der Waals surface area (Å²) in [5.74, 6) is -0.775. The fourth-order valence-electron chi connectivity index (χ4n) is 2.26. The molecule has 0 aromatic heterocycles. The van der Waals surface area contributed by atoms with Crippen LogP contribution >= 0.6 is 0 Å². The third-order valence-corrected chi connectivity index (χ3v) is 3.29. The zero-order valence-electron chi connectivity index (χ0n) is 14.8. The van der Waals surface area contributed by atoms with Gasteiger partial charge in [0.15, 0.2) is 5.78 Å². The molecule has 1 aliphatic rings. The number of ketones is 1. The van der Waals surface area contributed by atoms with E-state index < -0.39 is 34.7 Å². The van der Waals surface area contributed by atoms with Crippen LogP contribution in [0.15, 0.2) is 0 Å². The largest absolute Gasteiger partial charge is 0.458 e. The fraction of sp³-hybridized carbons (Fsp3) is 0.812. The molecule has 22 heavy (non-hydrogen) atoms. The number of carbonyl (C=O) groups excluding carboxylic acids is 3. The molecule has 0 aromatic carbocycles. The molecule has 0 aliphatic carbocycles. The van der Waals surface area contributed by atoms with Gasteiger partial charge in [0.2, 0.25) is 0 Å². The lowest BCUT2D eigenvalue weighted by Gasteiger charge is -2.33. The first-order valence-electron chi connectivity index (χ1n) is 7.41. The van der Waals surface area contributed by atoms with E-state index in [4.69, 9.17) is 9.47 Å². The number of hydrogen-bond donors (Lipinski definition) is 0. The minimum Gasteiger partial charge on any atom is -0.458 e. The van der Waals surface area contributed by atoms with Crippen molar-refractivity contribution in [1.82, 2.24) is 4.90 Å². The van der Waals surface area contributed by atoms with Crippen LogP contribution in [0, 0.1) is 5.41 Å². The van der Waals surface area contributed by atoms with Crippen LogP contribution in [-0.2, 0) is 19.1 Å². The van der Waals surface area contributed by atoms with Gasteiger partial charge in [0.1, 0.15) is 17.2 Å². The highest BCUT2D eigenvalue weighted by atomic mass is 16.6. The first-order valence-corrected chi connectivity index (χ1v) is 7.41. The summed E-state index contributed by atoms with van der Waals surface area (Å²) in [7, 11) is 0. The monoisotopic (exact) mass is 313 g/mol. The molecule has 6 heteroatoms. The van der Waals surface area contributed by atoms with Crippen molar-refractivity contribution in [2.24, 2.45) is 5.41 Å². The third-order valence-electron chi connectivity index (χ3n) is 3.29. The van der Waals surface area contributed by atoms with Gasteiger partial charge in [-0.2, -0.15) is 0 Å². The van der Waals surface area contributed by atoms with E-state index in [2.05, 4.69) is 0 Å². The van der Waals surface area contributed by atoms with E-state index in [1.54, 1.807) is 55.4 Å². The van der Waals surface area contributed by atoms with E-state index in [0.717, 1.165) is 0 Å². The van der Waals surface area contributed by atoms with E-state index >= 15 is 0 Å². The second-order valence-corrected chi connectivity index (χ2v) is 8.19. The van der Waals surface area contributed by atoms with Gasteiger partial charge < -0.3 is 9.47 Å². The van der Waals surface area contributed by atoms with E-state index in [1.807, 2.05) is 0 Å². The lowest BCUT2D eigenvalue weighted by molar-refractivity contribution is -0.163. The zero-order valence-corrected chi connectivity index (χ0v) is 14.8. The molecular formula is C16H27NO5. The predicted octanol–water partition coefficient (Wildman–Crippen LogP) is 2.54. The van der Waals surface area contributed by atoms with Crippen LogP contribution in [0.3, 0.4) is 0 Å². The van der Waals surface area contributed by atoms with Crippen LogP contribution in [0.2, 0.25) is 0 Å². The van der Waals surface area contributed by atoms with Crippen molar-refractivity contribution >= 4 is 17.8 Å². The average molecular weight is 313 g/mol. The molecule has 1 atom stereocenters. The number of esters is 1. The van der Waals surface area contributed by atoms with E-state index in [-0.39, 0.29) is 12.3 Å². The highest BCUT2D eigenvalue weighted by Gasteiger charge is 2.55. The Morgan fingerprint density at radius 2 is 1.50 bits per heavy atom. The van der Waals surface area contributed by atoms with Crippen LogP contribution in [0.4, 0.5) is 4.79 Å². The first-order chi connectivity index (χ1) is 9.65. The van der Waals surface area contributed by atoms with E-state index in [1.165, 1.54) is 4.90 Å².